The van der Waals surface area contributed by atoms with Gasteiger partial charge in [-0.1, -0.05) is 50.6 Å². The summed E-state index contributed by atoms with van der Waals surface area (Å²) in [6.45, 7) is 6.36. The van der Waals surface area contributed by atoms with Gasteiger partial charge >= 0.3 is 0 Å². The molecule has 0 aliphatic carbocycles. The van der Waals surface area contributed by atoms with Gasteiger partial charge in [0.1, 0.15) is 12.6 Å². The van der Waals surface area contributed by atoms with E-state index in [0.29, 0.717) is 6.42 Å². The third kappa shape index (κ3) is 26.4. The predicted molar refractivity (Wildman–Crippen MR) is 134 cm³/mol. The number of Topliss-reactive ketones (excluding diaryl/α,β-unsaturated/α-hetero) is 1. The Morgan fingerprint density at radius 3 is 1.97 bits per heavy atom. The SMILES string of the molecule is C#C.CC(=O)O.CCC.COCC(=O)CNC(=O)[C@H](C)NC(=O)CNC(=O)CCc1ccccc1. The molecule has 10 heteroatoms. The summed E-state index contributed by atoms with van der Waals surface area (Å²) >= 11 is 0. The Kier molecular flexibility index (Phi) is 25.5. The number of rotatable bonds is 11. The highest BCUT2D eigenvalue weighted by atomic mass is 16.5. The van der Waals surface area contributed by atoms with E-state index in [9.17, 15) is 19.2 Å². The number of benzene rings is 1. The number of hydrogen-bond donors (Lipinski definition) is 4. The maximum Gasteiger partial charge on any atom is 0.300 e. The number of ether oxygens (including phenoxy) is 1. The highest BCUT2D eigenvalue weighted by Crippen LogP contribution is 2.01. The van der Waals surface area contributed by atoms with E-state index in [4.69, 9.17) is 9.90 Å². The van der Waals surface area contributed by atoms with Crippen molar-refractivity contribution in [2.24, 2.45) is 0 Å². The zero-order valence-electron chi connectivity index (χ0n) is 21.3. The number of methoxy groups -OCH3 is 1. The summed E-state index contributed by atoms with van der Waals surface area (Å²) in [6, 6.07) is 8.74. The third-order valence-electron chi connectivity index (χ3n) is 3.47. The minimum Gasteiger partial charge on any atom is -0.481 e. The van der Waals surface area contributed by atoms with Crippen molar-refractivity contribution in [3.8, 4) is 12.8 Å². The molecule has 0 aliphatic rings. The smallest absolute Gasteiger partial charge is 0.300 e. The van der Waals surface area contributed by atoms with Gasteiger partial charge in [-0.15, -0.1) is 12.8 Å². The molecule has 0 saturated carbocycles. The van der Waals surface area contributed by atoms with E-state index >= 15 is 0 Å². The number of terminal acetylenes is 1. The molecule has 0 saturated heterocycles. The summed E-state index contributed by atoms with van der Waals surface area (Å²) in [6.07, 6.45) is 10.1. The van der Waals surface area contributed by atoms with Crippen LogP contribution < -0.4 is 16.0 Å². The average Bonchev–Trinajstić information content (AvgIpc) is 2.82. The first-order valence-electron chi connectivity index (χ1n) is 11.0. The number of aryl methyl sites for hydroxylation is 1. The maximum absolute atomic E-state index is 11.8. The second-order valence-electron chi connectivity index (χ2n) is 6.97. The Morgan fingerprint density at radius 2 is 1.49 bits per heavy atom. The summed E-state index contributed by atoms with van der Waals surface area (Å²) in [4.78, 5) is 55.6. The van der Waals surface area contributed by atoms with Crippen LogP contribution in [-0.4, -0.2) is 67.4 Å². The zero-order valence-corrected chi connectivity index (χ0v) is 21.3. The normalized spacial score (nSPS) is 9.69. The van der Waals surface area contributed by atoms with E-state index in [1.165, 1.54) is 20.5 Å². The fourth-order valence-corrected chi connectivity index (χ4v) is 2.08. The van der Waals surface area contributed by atoms with Crippen LogP contribution in [0, 0.1) is 12.8 Å². The lowest BCUT2D eigenvalue weighted by molar-refractivity contribution is -0.134. The molecule has 1 aromatic carbocycles. The van der Waals surface area contributed by atoms with Gasteiger partial charge in [-0.2, -0.15) is 0 Å². The van der Waals surface area contributed by atoms with Crippen molar-refractivity contribution in [2.45, 2.75) is 53.0 Å². The monoisotopic (exact) mass is 493 g/mol. The van der Waals surface area contributed by atoms with Crippen LogP contribution >= 0.6 is 0 Å². The third-order valence-corrected chi connectivity index (χ3v) is 3.47. The molecular weight excluding hydrogens is 454 g/mol. The topological polar surface area (TPSA) is 151 Å². The summed E-state index contributed by atoms with van der Waals surface area (Å²) in [5, 5.41) is 14.8. The molecule has 196 valence electrons. The largest absolute Gasteiger partial charge is 0.481 e. The summed E-state index contributed by atoms with van der Waals surface area (Å²) < 4.78 is 4.65. The predicted octanol–water partition coefficient (Wildman–Crippen LogP) is 1.33. The number of ketones is 1. The molecule has 0 bridgehead atoms. The quantitative estimate of drug-likeness (QED) is 0.340. The Morgan fingerprint density at radius 1 is 0.971 bits per heavy atom. The Balaban J connectivity index is -0.000000985. The number of aliphatic carboxylic acids is 1. The minimum absolute atomic E-state index is 0.0873. The van der Waals surface area contributed by atoms with Gasteiger partial charge in [0.25, 0.3) is 5.97 Å². The molecule has 4 N–H and O–H groups in total. The fourth-order valence-electron chi connectivity index (χ4n) is 2.08. The first kappa shape index (κ1) is 35.9. The van der Waals surface area contributed by atoms with Crippen molar-refractivity contribution in [1.82, 2.24) is 16.0 Å². The van der Waals surface area contributed by atoms with Gasteiger partial charge in [0.05, 0.1) is 13.1 Å². The van der Waals surface area contributed by atoms with Crippen molar-refractivity contribution < 1.29 is 33.8 Å². The summed E-state index contributed by atoms with van der Waals surface area (Å²) in [7, 11) is 1.39. The van der Waals surface area contributed by atoms with Crippen LogP contribution in [0.3, 0.4) is 0 Å². The first-order valence-corrected chi connectivity index (χ1v) is 11.0. The van der Waals surface area contributed by atoms with Crippen molar-refractivity contribution in [2.75, 3.05) is 26.8 Å². The summed E-state index contributed by atoms with van der Waals surface area (Å²) in [5.74, 6) is -2.32. The van der Waals surface area contributed by atoms with E-state index < -0.39 is 23.8 Å². The summed E-state index contributed by atoms with van der Waals surface area (Å²) in [5.41, 5.74) is 1.04. The van der Waals surface area contributed by atoms with Crippen LogP contribution in [0.4, 0.5) is 0 Å². The lowest BCUT2D eigenvalue weighted by Gasteiger charge is -2.14. The number of hydrogen-bond acceptors (Lipinski definition) is 6. The molecule has 0 unspecified atom stereocenters. The molecule has 0 aromatic heterocycles. The molecule has 1 rings (SSSR count). The van der Waals surface area contributed by atoms with E-state index in [-0.39, 0.29) is 37.8 Å². The van der Waals surface area contributed by atoms with Crippen molar-refractivity contribution >= 4 is 29.5 Å². The highest BCUT2D eigenvalue weighted by molar-refractivity contribution is 5.92. The van der Waals surface area contributed by atoms with Gasteiger partial charge in [-0.05, 0) is 18.9 Å². The van der Waals surface area contributed by atoms with Gasteiger partial charge in [-0.3, -0.25) is 24.0 Å². The average molecular weight is 494 g/mol. The second kappa shape index (κ2) is 24.9. The van der Waals surface area contributed by atoms with E-state index in [0.717, 1.165) is 12.5 Å². The molecule has 0 heterocycles. The number of carbonyl (C=O) groups excluding carboxylic acids is 4. The molecule has 10 nitrogen and oxygen atoms in total. The zero-order chi connectivity index (χ0) is 27.6. The van der Waals surface area contributed by atoms with Gasteiger partial charge in [0, 0.05) is 20.5 Å². The number of carboxylic acids is 1. The molecule has 0 fully saturated rings. The molecule has 3 amide bonds. The van der Waals surface area contributed by atoms with Crippen LogP contribution in [0.25, 0.3) is 0 Å². The van der Waals surface area contributed by atoms with Crippen molar-refractivity contribution in [1.29, 1.82) is 0 Å². The Hall–Kier alpha value is -3.71. The minimum atomic E-state index is -0.833. The number of carboxylic acid groups (broad SMARTS) is 1. The van der Waals surface area contributed by atoms with Crippen LogP contribution in [0.2, 0.25) is 0 Å². The number of carbonyl (C=O) groups is 5. The lowest BCUT2D eigenvalue weighted by Crippen LogP contribution is -2.49. The van der Waals surface area contributed by atoms with Gasteiger partial charge in [0.2, 0.25) is 17.7 Å². The Bertz CT molecular complexity index is 761. The molecule has 35 heavy (non-hydrogen) atoms. The molecule has 0 radical (unpaired) electrons. The molecule has 0 spiro atoms. The van der Waals surface area contributed by atoms with Gasteiger partial charge in [0.15, 0.2) is 5.78 Å². The van der Waals surface area contributed by atoms with Crippen LogP contribution in [-0.2, 0) is 35.1 Å². The maximum atomic E-state index is 11.8. The van der Waals surface area contributed by atoms with E-state index in [1.54, 1.807) is 0 Å². The number of nitrogens with one attached hydrogen (secondary N) is 3. The van der Waals surface area contributed by atoms with Crippen LogP contribution in [0.5, 0.6) is 0 Å². The number of amides is 3. The van der Waals surface area contributed by atoms with E-state index in [1.807, 2.05) is 30.3 Å². The van der Waals surface area contributed by atoms with Gasteiger partial charge in [-0.25, -0.2) is 0 Å². The molecule has 1 atom stereocenters. The molecule has 1 aromatic rings. The van der Waals surface area contributed by atoms with Crippen molar-refractivity contribution in [3.63, 3.8) is 0 Å². The fraction of sp³-hybridized carbons (Fsp3) is 0.480. The molecular formula is C25H39N3O7. The second-order valence-corrected chi connectivity index (χ2v) is 6.97. The van der Waals surface area contributed by atoms with Crippen LogP contribution in [0.1, 0.15) is 46.1 Å². The highest BCUT2D eigenvalue weighted by Gasteiger charge is 2.16. The van der Waals surface area contributed by atoms with Gasteiger partial charge < -0.3 is 25.8 Å². The van der Waals surface area contributed by atoms with Crippen molar-refractivity contribution in [3.05, 3.63) is 35.9 Å². The van der Waals surface area contributed by atoms with Crippen LogP contribution in [0.15, 0.2) is 30.3 Å². The molecule has 0 aliphatic heterocycles. The first-order chi connectivity index (χ1) is 16.6. The Labute approximate surface area is 208 Å². The van der Waals surface area contributed by atoms with E-state index in [2.05, 4.69) is 47.4 Å². The standard InChI is InChI=1S/C18H25N3O5.C3H8.C2H4O2.C2H2/c1-13(18(25)20-10-15(22)12-26-2)21-17(24)11-19-16(23)9-8-14-6-4-3-5-7-14;1-3-2;1-2(3)4;1-2/h3-7,13H,8-12H2,1-2H3,(H,19,23)(H,20,25)(H,21,24);3H2,1-2H3;1H3,(H,3,4);1-2H/t13-;;;/m0.../s1. The lowest BCUT2D eigenvalue weighted by atomic mass is 10.1.